The minimum Gasteiger partial charge on any atom is -0.495 e. The number of methoxy groups -OCH3 is 1. The zero-order valence-electron chi connectivity index (χ0n) is 20.6. The molecule has 3 aromatic carbocycles. The predicted octanol–water partition coefficient (Wildman–Crippen LogP) is 4.00. The number of hydrogen-bond donors (Lipinski definition) is 1. The standard InChI is InChI=1S/C29H26N2O6S/c1-35-27-25(29(34)37-26(19-11-5-2-6-12-19)20-13-7-3-8-14-20)31-23(33)17-24(31)38-28(27)30-22(32)18-36-21-15-9-4-10-16-21/h2-16,24,26,28H,17-18H2,1H3,(H,30,32)/t24-,28?/m1/s1. The summed E-state index contributed by atoms with van der Waals surface area (Å²) in [5.74, 6) is -0.597. The van der Waals surface area contributed by atoms with Crippen molar-refractivity contribution in [1.82, 2.24) is 10.2 Å². The van der Waals surface area contributed by atoms with Gasteiger partial charge in [-0.25, -0.2) is 4.79 Å². The molecule has 0 saturated carbocycles. The topological polar surface area (TPSA) is 94.2 Å². The molecule has 1 saturated heterocycles. The third-order valence-corrected chi connectivity index (χ3v) is 7.46. The lowest BCUT2D eigenvalue weighted by molar-refractivity contribution is -0.152. The number of esters is 1. The highest BCUT2D eigenvalue weighted by Crippen LogP contribution is 2.44. The summed E-state index contributed by atoms with van der Waals surface area (Å²) in [7, 11) is 1.40. The molecule has 2 atom stereocenters. The van der Waals surface area contributed by atoms with Gasteiger partial charge in [0, 0.05) is 0 Å². The lowest BCUT2D eigenvalue weighted by Gasteiger charge is -2.46. The van der Waals surface area contributed by atoms with Crippen molar-refractivity contribution in [3.63, 3.8) is 0 Å². The molecule has 0 aromatic heterocycles. The van der Waals surface area contributed by atoms with Crippen LogP contribution in [0.15, 0.2) is 102 Å². The van der Waals surface area contributed by atoms with Crippen molar-refractivity contribution < 1.29 is 28.6 Å². The minimum atomic E-state index is -0.710. The molecule has 0 radical (unpaired) electrons. The van der Waals surface area contributed by atoms with Crippen LogP contribution in [0, 0.1) is 0 Å². The van der Waals surface area contributed by atoms with Crippen molar-refractivity contribution in [2.24, 2.45) is 0 Å². The Bertz CT molecular complexity index is 1290. The molecule has 38 heavy (non-hydrogen) atoms. The number of hydrogen-bond acceptors (Lipinski definition) is 7. The third-order valence-electron chi connectivity index (χ3n) is 6.16. The summed E-state index contributed by atoms with van der Waals surface area (Å²) in [6.45, 7) is -0.213. The number of rotatable bonds is 9. The molecule has 0 spiro atoms. The van der Waals surface area contributed by atoms with E-state index in [9.17, 15) is 14.4 Å². The van der Waals surface area contributed by atoms with Gasteiger partial charge >= 0.3 is 5.97 Å². The Labute approximate surface area is 224 Å². The SMILES string of the molecule is COC1=C(C(=O)OC(c2ccccc2)c2ccccc2)N2C(=O)C[C@H]2SC1NC(=O)COc1ccccc1. The molecule has 0 bridgehead atoms. The van der Waals surface area contributed by atoms with Crippen LogP contribution in [0.1, 0.15) is 23.7 Å². The Hall–Kier alpha value is -4.24. The van der Waals surface area contributed by atoms with E-state index in [4.69, 9.17) is 14.2 Å². The van der Waals surface area contributed by atoms with Gasteiger partial charge < -0.3 is 19.5 Å². The number of carbonyl (C=O) groups is 3. The van der Waals surface area contributed by atoms with E-state index in [1.54, 1.807) is 12.1 Å². The van der Waals surface area contributed by atoms with Crippen molar-refractivity contribution in [3.05, 3.63) is 114 Å². The molecular formula is C29H26N2O6S. The van der Waals surface area contributed by atoms with E-state index < -0.39 is 17.4 Å². The number of para-hydroxylation sites is 1. The van der Waals surface area contributed by atoms with Crippen LogP contribution in [0.5, 0.6) is 5.75 Å². The van der Waals surface area contributed by atoms with Crippen LogP contribution in [0.3, 0.4) is 0 Å². The zero-order valence-corrected chi connectivity index (χ0v) is 21.4. The van der Waals surface area contributed by atoms with Gasteiger partial charge in [0.15, 0.2) is 24.2 Å². The van der Waals surface area contributed by atoms with Crippen LogP contribution < -0.4 is 10.1 Å². The molecule has 1 unspecified atom stereocenters. The van der Waals surface area contributed by atoms with Crippen molar-refractivity contribution in [2.75, 3.05) is 13.7 Å². The van der Waals surface area contributed by atoms with Gasteiger partial charge in [0.1, 0.15) is 11.1 Å². The van der Waals surface area contributed by atoms with E-state index in [-0.39, 0.29) is 41.7 Å². The maximum atomic E-state index is 13.7. The number of fused-ring (bicyclic) bond motifs is 1. The number of carbonyl (C=O) groups excluding carboxylic acids is 3. The first kappa shape index (κ1) is 25.4. The van der Waals surface area contributed by atoms with Gasteiger partial charge in [0.05, 0.1) is 18.9 Å². The lowest BCUT2D eigenvalue weighted by atomic mass is 10.0. The quantitative estimate of drug-likeness (QED) is 0.330. The Morgan fingerprint density at radius 2 is 1.53 bits per heavy atom. The Kier molecular flexibility index (Phi) is 7.65. The van der Waals surface area contributed by atoms with E-state index in [2.05, 4.69) is 5.32 Å². The van der Waals surface area contributed by atoms with E-state index in [1.807, 2.05) is 78.9 Å². The highest BCUT2D eigenvalue weighted by Gasteiger charge is 2.50. The summed E-state index contributed by atoms with van der Waals surface area (Å²) >= 11 is 1.33. The molecule has 2 heterocycles. The Morgan fingerprint density at radius 1 is 0.947 bits per heavy atom. The first-order valence-corrected chi connectivity index (χ1v) is 13.0. The number of nitrogens with zero attached hydrogens (tertiary/aromatic N) is 1. The number of thioether (sulfide) groups is 1. The highest BCUT2D eigenvalue weighted by atomic mass is 32.2. The predicted molar refractivity (Wildman–Crippen MR) is 142 cm³/mol. The Balaban J connectivity index is 1.40. The summed E-state index contributed by atoms with van der Waals surface area (Å²) in [6.07, 6.45) is -0.459. The fraction of sp³-hybridized carbons (Fsp3) is 0.207. The summed E-state index contributed by atoms with van der Waals surface area (Å²) < 4.78 is 17.2. The highest BCUT2D eigenvalue weighted by molar-refractivity contribution is 8.00. The minimum absolute atomic E-state index is 0.00126. The first-order chi connectivity index (χ1) is 18.5. The molecule has 9 heteroatoms. The van der Waals surface area contributed by atoms with Crippen LogP contribution >= 0.6 is 11.8 Å². The summed E-state index contributed by atoms with van der Waals surface area (Å²) in [5.41, 5.74) is 1.57. The molecule has 194 valence electrons. The van der Waals surface area contributed by atoms with Crippen molar-refractivity contribution >= 4 is 29.5 Å². The fourth-order valence-electron chi connectivity index (χ4n) is 4.33. The number of ether oxygens (including phenoxy) is 3. The smallest absolute Gasteiger partial charge is 0.359 e. The Morgan fingerprint density at radius 3 is 2.08 bits per heavy atom. The van der Waals surface area contributed by atoms with Gasteiger partial charge in [-0.05, 0) is 23.3 Å². The van der Waals surface area contributed by atoms with Crippen molar-refractivity contribution in [1.29, 1.82) is 0 Å². The number of amides is 2. The van der Waals surface area contributed by atoms with Crippen LogP contribution in [0.2, 0.25) is 0 Å². The van der Waals surface area contributed by atoms with Crippen LogP contribution in [-0.2, 0) is 23.9 Å². The molecule has 3 aromatic rings. The fourth-order valence-corrected chi connectivity index (χ4v) is 5.76. The molecule has 2 aliphatic rings. The van der Waals surface area contributed by atoms with E-state index in [0.717, 1.165) is 11.1 Å². The lowest BCUT2D eigenvalue weighted by Crippen LogP contribution is -2.58. The second-order valence-electron chi connectivity index (χ2n) is 8.63. The second-order valence-corrected chi connectivity index (χ2v) is 9.92. The molecule has 5 rings (SSSR count). The molecule has 0 aliphatic carbocycles. The number of β-lactam (4-membered cyclic amide) rings is 1. The second kappa shape index (κ2) is 11.4. The largest absolute Gasteiger partial charge is 0.495 e. The molecule has 8 nitrogen and oxygen atoms in total. The van der Waals surface area contributed by atoms with Crippen LogP contribution in [0.25, 0.3) is 0 Å². The van der Waals surface area contributed by atoms with Crippen molar-refractivity contribution in [3.8, 4) is 5.75 Å². The van der Waals surface area contributed by atoms with Gasteiger partial charge in [-0.1, -0.05) is 78.9 Å². The van der Waals surface area contributed by atoms with Crippen molar-refractivity contribution in [2.45, 2.75) is 23.3 Å². The maximum Gasteiger partial charge on any atom is 0.359 e. The monoisotopic (exact) mass is 530 g/mol. The molecule has 2 amide bonds. The number of benzene rings is 3. The average molecular weight is 531 g/mol. The summed E-state index contributed by atoms with van der Waals surface area (Å²) in [6, 6.07) is 27.7. The number of nitrogens with one attached hydrogen (secondary N) is 1. The normalized spacial score (nSPS) is 18.4. The van der Waals surface area contributed by atoms with Gasteiger partial charge in [0.25, 0.3) is 5.91 Å². The van der Waals surface area contributed by atoms with Crippen LogP contribution in [-0.4, -0.2) is 47.1 Å². The van der Waals surface area contributed by atoms with Crippen LogP contribution in [0.4, 0.5) is 0 Å². The first-order valence-electron chi connectivity index (χ1n) is 12.1. The van der Waals surface area contributed by atoms with Gasteiger partial charge in [-0.2, -0.15) is 0 Å². The average Bonchev–Trinajstić information content (AvgIpc) is 2.95. The molecule has 1 fully saturated rings. The molecular weight excluding hydrogens is 504 g/mol. The van der Waals surface area contributed by atoms with E-state index >= 15 is 0 Å². The maximum absolute atomic E-state index is 13.7. The van der Waals surface area contributed by atoms with E-state index in [1.165, 1.54) is 23.8 Å². The van der Waals surface area contributed by atoms with Gasteiger partial charge in [0.2, 0.25) is 5.91 Å². The van der Waals surface area contributed by atoms with E-state index in [0.29, 0.717) is 5.75 Å². The molecule has 1 N–H and O–H groups in total. The summed E-state index contributed by atoms with van der Waals surface area (Å²) in [5, 5.41) is 1.84. The summed E-state index contributed by atoms with van der Waals surface area (Å²) in [4.78, 5) is 40.4. The van der Waals surface area contributed by atoms with Gasteiger partial charge in [-0.15, -0.1) is 11.8 Å². The third kappa shape index (κ3) is 5.38. The molecule has 2 aliphatic heterocycles. The zero-order chi connectivity index (χ0) is 26.5. The van der Waals surface area contributed by atoms with Gasteiger partial charge in [-0.3, -0.25) is 14.5 Å².